The molecule has 2 nitrogen and oxygen atoms in total. The van der Waals surface area contributed by atoms with Gasteiger partial charge in [0.25, 0.3) is 0 Å². The Bertz CT molecular complexity index is 656. The number of pyridine rings is 1. The number of aromatic nitrogens is 1. The van der Waals surface area contributed by atoms with Gasteiger partial charge in [0.2, 0.25) is 0 Å². The van der Waals surface area contributed by atoms with Crippen LogP contribution in [0, 0.1) is 0 Å². The predicted octanol–water partition coefficient (Wildman–Crippen LogP) is 5.66. The van der Waals surface area contributed by atoms with E-state index in [4.69, 9.17) is 0 Å². The average Bonchev–Trinajstić information content (AvgIpc) is 2.74. The van der Waals surface area contributed by atoms with Gasteiger partial charge in [-0.1, -0.05) is 11.8 Å². The van der Waals surface area contributed by atoms with Crippen LogP contribution in [0.5, 0.6) is 0 Å². The first-order chi connectivity index (χ1) is 9.77. The summed E-state index contributed by atoms with van der Waals surface area (Å²) >= 11 is 9.07. The van der Waals surface area contributed by atoms with Gasteiger partial charge in [0.1, 0.15) is 0 Å². The van der Waals surface area contributed by atoms with Gasteiger partial charge >= 0.3 is 6.18 Å². The second-order valence-electron chi connectivity index (χ2n) is 3.83. The van der Waals surface area contributed by atoms with Gasteiger partial charge in [-0.3, -0.25) is 4.79 Å². The minimum Gasteiger partial charge on any atom is -0.293 e. The molecule has 0 aliphatic rings. The third kappa shape index (κ3) is 4.54. The fourth-order valence-electron chi connectivity index (χ4n) is 1.38. The Morgan fingerprint density at radius 3 is 2.52 bits per heavy atom. The van der Waals surface area contributed by atoms with Crippen molar-refractivity contribution >= 4 is 60.7 Å². The van der Waals surface area contributed by atoms with Crippen LogP contribution in [0.3, 0.4) is 0 Å². The molecule has 0 fully saturated rings. The molecule has 0 aromatic carbocycles. The number of Topliss-reactive ketones (excluding diaryl/α,β-unsaturated/α-hetero) is 1. The molecule has 21 heavy (non-hydrogen) atoms. The van der Waals surface area contributed by atoms with E-state index in [-0.39, 0.29) is 11.5 Å². The van der Waals surface area contributed by atoms with E-state index < -0.39 is 11.7 Å². The molecule has 0 aliphatic carbocycles. The van der Waals surface area contributed by atoms with Gasteiger partial charge < -0.3 is 0 Å². The second-order valence-corrected chi connectivity index (χ2v) is 8.58. The first kappa shape index (κ1) is 17.0. The van der Waals surface area contributed by atoms with Gasteiger partial charge in [-0.15, -0.1) is 11.3 Å². The standard InChI is InChI=1S/C12H6Br2F3NOS2/c13-9-3-7(11(14)21-9)8(19)5-20-10-2-1-6(4-18-10)12(15,16)17/h1-4H,5H2. The van der Waals surface area contributed by atoms with Gasteiger partial charge in [-0.25, -0.2) is 4.98 Å². The van der Waals surface area contributed by atoms with E-state index in [0.29, 0.717) is 10.6 Å². The van der Waals surface area contributed by atoms with Gasteiger partial charge in [0, 0.05) is 11.8 Å². The molecular formula is C12H6Br2F3NOS2. The SMILES string of the molecule is O=C(CSc1ccc(C(F)(F)F)cn1)c1cc(Br)sc1Br. The monoisotopic (exact) mass is 459 g/mol. The lowest BCUT2D eigenvalue weighted by molar-refractivity contribution is -0.137. The predicted molar refractivity (Wildman–Crippen MR) is 84.0 cm³/mol. The largest absolute Gasteiger partial charge is 0.417 e. The van der Waals surface area contributed by atoms with Crippen LogP contribution >= 0.6 is 55.0 Å². The topological polar surface area (TPSA) is 30.0 Å². The number of halogens is 5. The van der Waals surface area contributed by atoms with Gasteiger partial charge in [0.05, 0.1) is 23.9 Å². The normalized spacial score (nSPS) is 11.7. The van der Waals surface area contributed by atoms with Gasteiger partial charge in [-0.2, -0.15) is 13.2 Å². The van der Waals surface area contributed by atoms with Crippen molar-refractivity contribution in [2.24, 2.45) is 0 Å². The summed E-state index contributed by atoms with van der Waals surface area (Å²) < 4.78 is 38.7. The molecule has 0 spiro atoms. The number of carbonyl (C=O) groups is 1. The van der Waals surface area contributed by atoms with Crippen LogP contribution in [0.2, 0.25) is 0 Å². The maximum Gasteiger partial charge on any atom is 0.417 e. The summed E-state index contributed by atoms with van der Waals surface area (Å²) in [6.07, 6.45) is -3.64. The minimum atomic E-state index is -4.40. The van der Waals surface area contributed by atoms with Crippen LogP contribution in [0.1, 0.15) is 15.9 Å². The van der Waals surface area contributed by atoms with Crippen molar-refractivity contribution in [3.05, 3.63) is 43.1 Å². The highest BCUT2D eigenvalue weighted by atomic mass is 79.9. The van der Waals surface area contributed by atoms with E-state index in [0.717, 1.165) is 31.6 Å². The maximum absolute atomic E-state index is 12.4. The van der Waals surface area contributed by atoms with E-state index in [1.807, 2.05) is 0 Å². The van der Waals surface area contributed by atoms with Crippen LogP contribution < -0.4 is 0 Å². The van der Waals surface area contributed by atoms with E-state index in [1.165, 1.54) is 17.4 Å². The molecule has 0 unspecified atom stereocenters. The molecular weight excluding hydrogens is 455 g/mol. The molecule has 2 aromatic heterocycles. The Morgan fingerprint density at radius 2 is 2.05 bits per heavy atom. The van der Waals surface area contributed by atoms with Crippen molar-refractivity contribution < 1.29 is 18.0 Å². The van der Waals surface area contributed by atoms with Crippen LogP contribution in [0.25, 0.3) is 0 Å². The lowest BCUT2D eigenvalue weighted by atomic mass is 10.2. The summed E-state index contributed by atoms with van der Waals surface area (Å²) in [5.74, 6) is -0.00401. The Morgan fingerprint density at radius 1 is 1.33 bits per heavy atom. The van der Waals surface area contributed by atoms with Crippen LogP contribution in [0.15, 0.2) is 37.0 Å². The van der Waals surface area contributed by atoms with Crippen molar-refractivity contribution in [2.75, 3.05) is 5.75 Å². The summed E-state index contributed by atoms with van der Waals surface area (Å²) in [4.78, 5) is 15.7. The van der Waals surface area contributed by atoms with Gasteiger partial charge in [-0.05, 0) is 50.1 Å². The van der Waals surface area contributed by atoms with Crippen LogP contribution in [0.4, 0.5) is 13.2 Å². The van der Waals surface area contributed by atoms with Crippen LogP contribution in [-0.4, -0.2) is 16.5 Å². The second kappa shape index (κ2) is 6.80. The maximum atomic E-state index is 12.4. The van der Waals surface area contributed by atoms with E-state index in [9.17, 15) is 18.0 Å². The molecule has 112 valence electrons. The molecule has 2 heterocycles. The van der Waals surface area contributed by atoms with E-state index in [1.54, 1.807) is 6.07 Å². The number of hydrogen-bond donors (Lipinski definition) is 0. The fraction of sp³-hybridized carbons (Fsp3) is 0.167. The summed E-state index contributed by atoms with van der Waals surface area (Å²) in [6.45, 7) is 0. The average molecular weight is 461 g/mol. The Labute approximate surface area is 143 Å². The first-order valence-corrected chi connectivity index (χ1v) is 8.80. The highest BCUT2D eigenvalue weighted by molar-refractivity contribution is 9.12. The number of thiophene rings is 1. The summed E-state index contributed by atoms with van der Waals surface area (Å²) in [5.41, 5.74) is -0.256. The summed E-state index contributed by atoms with van der Waals surface area (Å²) in [7, 11) is 0. The lowest BCUT2D eigenvalue weighted by Crippen LogP contribution is -2.05. The molecule has 0 saturated heterocycles. The molecule has 2 rings (SSSR count). The lowest BCUT2D eigenvalue weighted by Gasteiger charge is -2.06. The quantitative estimate of drug-likeness (QED) is 0.435. The Hall–Kier alpha value is -0.380. The summed E-state index contributed by atoms with van der Waals surface area (Å²) in [5, 5.41) is 0.377. The Kier molecular flexibility index (Phi) is 5.50. The molecule has 0 atom stereocenters. The Balaban J connectivity index is 2.00. The van der Waals surface area contributed by atoms with Crippen molar-refractivity contribution in [1.82, 2.24) is 4.98 Å². The molecule has 0 amide bonds. The van der Waals surface area contributed by atoms with Crippen LogP contribution in [-0.2, 0) is 6.18 Å². The number of thioether (sulfide) groups is 1. The van der Waals surface area contributed by atoms with Gasteiger partial charge in [0.15, 0.2) is 5.78 Å². The van der Waals surface area contributed by atoms with E-state index >= 15 is 0 Å². The fourth-order valence-corrected chi connectivity index (χ4v) is 4.96. The summed E-state index contributed by atoms with van der Waals surface area (Å²) in [6, 6.07) is 3.92. The first-order valence-electron chi connectivity index (χ1n) is 5.41. The number of ketones is 1. The molecule has 9 heteroatoms. The number of alkyl halides is 3. The molecule has 0 saturated carbocycles. The molecule has 0 bridgehead atoms. The highest BCUT2D eigenvalue weighted by Gasteiger charge is 2.30. The van der Waals surface area contributed by atoms with Crippen molar-refractivity contribution in [3.63, 3.8) is 0 Å². The van der Waals surface area contributed by atoms with E-state index in [2.05, 4.69) is 36.8 Å². The third-order valence-electron chi connectivity index (χ3n) is 2.37. The number of nitrogens with zero attached hydrogens (tertiary/aromatic N) is 1. The van der Waals surface area contributed by atoms with Crippen molar-refractivity contribution in [1.29, 1.82) is 0 Å². The highest BCUT2D eigenvalue weighted by Crippen LogP contribution is 2.33. The zero-order valence-corrected chi connectivity index (χ0v) is 14.9. The minimum absolute atomic E-state index is 0.111. The molecule has 0 aliphatic heterocycles. The molecule has 0 N–H and O–H groups in total. The third-order valence-corrected chi connectivity index (χ3v) is 5.65. The molecule has 2 aromatic rings. The molecule has 0 radical (unpaired) electrons. The smallest absolute Gasteiger partial charge is 0.293 e. The van der Waals surface area contributed by atoms with Crippen molar-refractivity contribution in [3.8, 4) is 0 Å². The number of carbonyl (C=O) groups excluding carboxylic acids is 1. The number of rotatable bonds is 4. The zero-order chi connectivity index (χ0) is 15.6. The zero-order valence-electron chi connectivity index (χ0n) is 10.1. The van der Waals surface area contributed by atoms with Crippen molar-refractivity contribution in [2.45, 2.75) is 11.2 Å². The number of hydrogen-bond acceptors (Lipinski definition) is 4.